The molecule has 0 radical (unpaired) electrons. The van der Waals surface area contributed by atoms with Crippen LogP contribution in [0.3, 0.4) is 0 Å². The maximum absolute atomic E-state index is 17.8. The number of hydrogen-bond acceptors (Lipinski definition) is 14. The van der Waals surface area contributed by atoms with Gasteiger partial charge in [-0.05, 0) is 69.6 Å². The second-order valence-corrected chi connectivity index (χ2v) is 16.1. The highest BCUT2D eigenvalue weighted by molar-refractivity contribution is 6.06. The Morgan fingerprint density at radius 1 is 0.746 bits per heavy atom. The Morgan fingerprint density at radius 3 is 1.69 bits per heavy atom. The highest BCUT2D eigenvalue weighted by Gasteiger charge is 2.39. The summed E-state index contributed by atoms with van der Waals surface area (Å²) in [5, 5.41) is 42.0. The Bertz CT molecular complexity index is 2530. The van der Waals surface area contributed by atoms with Gasteiger partial charge in [0.25, 0.3) is 11.1 Å². The lowest BCUT2D eigenvalue weighted by Crippen LogP contribution is -2.45. The molecule has 4 aromatic rings. The average Bonchev–Trinajstić information content (AvgIpc) is 4.18. The fourth-order valence-electron chi connectivity index (χ4n) is 9.17. The van der Waals surface area contributed by atoms with Crippen LogP contribution in [-0.4, -0.2) is 105 Å². The van der Waals surface area contributed by atoms with E-state index in [-0.39, 0.29) is 96.4 Å². The number of halogens is 2. The molecule has 59 heavy (non-hydrogen) atoms. The maximum Gasteiger partial charge on any atom is 0.350 e. The number of nitrogens with two attached hydrogens (primary N) is 1. The van der Waals surface area contributed by atoms with Crippen LogP contribution in [0.2, 0.25) is 0 Å². The van der Waals surface area contributed by atoms with E-state index in [1.165, 1.54) is 23.4 Å². The molecule has 4 fully saturated rings. The van der Waals surface area contributed by atoms with Crippen molar-refractivity contribution >= 4 is 44.6 Å². The molecule has 2 unspecified atom stereocenters. The van der Waals surface area contributed by atoms with E-state index < -0.39 is 75.8 Å². The summed E-state index contributed by atoms with van der Waals surface area (Å²) in [7, 11) is 2.56. The van der Waals surface area contributed by atoms with Crippen LogP contribution in [0.4, 0.5) is 31.5 Å². The predicted octanol–water partition coefficient (Wildman–Crippen LogP) is 1.12. The quantitative estimate of drug-likeness (QED) is 0.0935. The number of fused-ring (bicyclic) bond motifs is 2. The van der Waals surface area contributed by atoms with E-state index in [9.17, 15) is 39.6 Å². The third-order valence-corrected chi connectivity index (χ3v) is 12.6. The van der Waals surface area contributed by atoms with Gasteiger partial charge in [-0.2, -0.15) is 4.68 Å². The molecule has 4 aliphatic rings. The first-order chi connectivity index (χ1) is 28.4. The molecule has 2 atom stereocenters. The number of nitrogens with one attached hydrogen (secondary N) is 2. The zero-order valence-corrected chi connectivity index (χ0v) is 32.9. The zero-order valence-electron chi connectivity index (χ0n) is 32.9. The summed E-state index contributed by atoms with van der Waals surface area (Å²) in [6.07, 6.45) is 2.11. The summed E-state index contributed by atoms with van der Waals surface area (Å²) in [5.41, 5.74) is -5.35. The fourth-order valence-corrected chi connectivity index (χ4v) is 9.17. The van der Waals surface area contributed by atoms with Gasteiger partial charge in [-0.1, -0.05) is 0 Å². The number of rotatable bonds is 13. The lowest BCUT2D eigenvalue weighted by atomic mass is 9.89. The van der Waals surface area contributed by atoms with Gasteiger partial charge in [0, 0.05) is 44.9 Å². The summed E-state index contributed by atoms with van der Waals surface area (Å²) < 4.78 is 50.3. The number of H-pyrrole nitrogens is 1. The normalized spacial score (nSPS) is 19.1. The summed E-state index contributed by atoms with van der Waals surface area (Å²) in [5.74, 6) is 3.22. The van der Waals surface area contributed by atoms with Crippen LogP contribution in [0.1, 0.15) is 69.9 Å². The molecule has 2 saturated carbocycles. The first-order valence-electron chi connectivity index (χ1n) is 20.1. The molecule has 2 aromatic heterocycles. The first kappa shape index (κ1) is 40.6. The van der Waals surface area contributed by atoms with Gasteiger partial charge in [0.15, 0.2) is 23.1 Å². The molecule has 18 nitrogen and oxygen atoms in total. The van der Waals surface area contributed by atoms with Crippen molar-refractivity contribution in [1.29, 1.82) is 0 Å². The Hall–Kier alpha value is -5.18. The lowest BCUT2D eigenvalue weighted by Gasteiger charge is -2.37. The van der Waals surface area contributed by atoms with Gasteiger partial charge in [0.05, 0.1) is 55.2 Å². The number of aliphatic hydroxyl groups excluding tert-OH is 4. The molecule has 2 aromatic carbocycles. The van der Waals surface area contributed by atoms with Gasteiger partial charge in [-0.15, -0.1) is 0 Å². The van der Waals surface area contributed by atoms with E-state index >= 15 is 8.78 Å². The van der Waals surface area contributed by atoms with Gasteiger partial charge in [0.2, 0.25) is 0 Å². The number of aromatic amines is 1. The molecule has 20 heteroatoms. The Morgan fingerprint density at radius 2 is 1.22 bits per heavy atom. The second kappa shape index (κ2) is 15.8. The molecule has 320 valence electrons. The van der Waals surface area contributed by atoms with E-state index in [1.807, 2.05) is 0 Å². The van der Waals surface area contributed by atoms with Crippen LogP contribution in [0.5, 0.6) is 11.5 Å². The van der Waals surface area contributed by atoms with Crippen molar-refractivity contribution in [1.82, 2.24) is 18.8 Å². The number of piperidine rings is 2. The predicted molar refractivity (Wildman–Crippen MR) is 215 cm³/mol. The highest BCUT2D eigenvalue weighted by atomic mass is 19.1. The van der Waals surface area contributed by atoms with Crippen molar-refractivity contribution in [2.24, 2.45) is 11.8 Å². The summed E-state index contributed by atoms with van der Waals surface area (Å²) in [4.78, 5) is 61.0. The molecule has 2 aliphatic carbocycles. The van der Waals surface area contributed by atoms with Crippen LogP contribution in [0.25, 0.3) is 21.8 Å². The van der Waals surface area contributed by atoms with E-state index in [4.69, 9.17) is 15.3 Å². The molecular formula is C39H50F2N8O10. The van der Waals surface area contributed by atoms with Crippen LogP contribution in [0.15, 0.2) is 19.2 Å². The number of ether oxygens (including phenoxy) is 2. The Kier molecular flexibility index (Phi) is 10.9. The van der Waals surface area contributed by atoms with Gasteiger partial charge in [-0.25, -0.2) is 18.4 Å². The number of aromatic nitrogens is 4. The number of benzene rings is 2. The molecule has 4 heterocycles. The summed E-state index contributed by atoms with van der Waals surface area (Å²) in [6.45, 7) is 0.0972. The van der Waals surface area contributed by atoms with Crippen molar-refractivity contribution in [2.45, 2.75) is 82.1 Å². The molecular weight excluding hydrogens is 778 g/mol. The van der Waals surface area contributed by atoms with E-state index in [0.29, 0.717) is 56.0 Å². The minimum atomic E-state index is -1.12. The van der Waals surface area contributed by atoms with Crippen molar-refractivity contribution < 1.29 is 38.7 Å². The third-order valence-electron chi connectivity index (χ3n) is 12.6. The van der Waals surface area contributed by atoms with E-state index in [1.54, 1.807) is 9.80 Å². The van der Waals surface area contributed by atoms with E-state index in [2.05, 4.69) is 10.3 Å². The summed E-state index contributed by atoms with van der Waals surface area (Å²) in [6, 6.07) is -0.790. The fraction of sp³-hybridized carbons (Fsp3) is 0.590. The smallest absolute Gasteiger partial charge is 0.350 e. The van der Waals surface area contributed by atoms with Crippen LogP contribution < -0.4 is 52.9 Å². The number of nitrogen functional groups attached to an aromatic ring is 1. The van der Waals surface area contributed by atoms with Gasteiger partial charge in [-0.3, -0.25) is 23.7 Å². The van der Waals surface area contributed by atoms with E-state index in [0.717, 1.165) is 0 Å². The molecule has 0 spiro atoms. The largest absolute Gasteiger partial charge is 0.492 e. The van der Waals surface area contributed by atoms with Crippen LogP contribution >= 0.6 is 0 Å². The van der Waals surface area contributed by atoms with Gasteiger partial charge >= 0.3 is 11.4 Å². The van der Waals surface area contributed by atoms with Crippen molar-refractivity contribution in [3.63, 3.8) is 0 Å². The Labute approximate surface area is 334 Å². The number of methoxy groups -OCH3 is 2. The Balaban J connectivity index is 1.40. The van der Waals surface area contributed by atoms with Gasteiger partial charge in [0.1, 0.15) is 22.4 Å². The standard InChI is InChI=1S/C39H50F2N8O10/c1-58-34-30-24(36(54)44-38(56)47(30)20-3-4-20)28(26(40)32(34)46-14-9-19(10-15-46)23(53)17-51)43-29-25-31(48(21-5-6-21)39(57)49(42)37(25)55)35(59-2)33(27(29)41)45-12-7-18(8-13-45)22(52)11-16-50/h18-23,43,50-53H,3-17,42H2,1-2H3,(H,44,54,56). The zero-order chi connectivity index (χ0) is 42.0. The minimum absolute atomic E-state index is 0.0479. The van der Waals surface area contributed by atoms with Crippen LogP contribution in [-0.2, 0) is 0 Å². The monoisotopic (exact) mass is 828 g/mol. The van der Waals surface area contributed by atoms with Crippen LogP contribution in [0, 0.1) is 23.5 Å². The lowest BCUT2D eigenvalue weighted by molar-refractivity contribution is 0.0376. The molecule has 0 bridgehead atoms. The van der Waals surface area contributed by atoms with Gasteiger partial charge < -0.3 is 50.9 Å². The maximum atomic E-state index is 17.8. The van der Waals surface area contributed by atoms with Crippen molar-refractivity contribution in [3.8, 4) is 11.5 Å². The molecule has 8 N–H and O–H groups in total. The number of nitrogens with zero attached hydrogens (tertiary/aromatic N) is 5. The third kappa shape index (κ3) is 6.78. The molecule has 2 saturated heterocycles. The molecule has 8 rings (SSSR count). The number of hydrogen-bond donors (Lipinski definition) is 7. The molecule has 0 amide bonds. The van der Waals surface area contributed by atoms with Crippen molar-refractivity contribution in [2.75, 3.05) is 74.6 Å². The topological polar surface area (TPSA) is 243 Å². The highest BCUT2D eigenvalue weighted by Crippen LogP contribution is 2.50. The number of anilines is 4. The first-order valence-corrected chi connectivity index (χ1v) is 20.1. The second-order valence-electron chi connectivity index (χ2n) is 16.1. The number of aliphatic hydroxyl groups is 4. The summed E-state index contributed by atoms with van der Waals surface area (Å²) >= 11 is 0. The SMILES string of the molecule is COc1c(N2CCC(C(O)CO)CC2)c(F)c(Nc2c(F)c(N3CCC(C(O)CCO)CC3)c(OC)c3c2c(=O)n(N)c(=O)n3C2CC2)c2c(=O)[nH]c(=O)n(C3CC3)c12. The molecule has 2 aliphatic heterocycles. The minimum Gasteiger partial charge on any atom is -0.492 e. The van der Waals surface area contributed by atoms with Crippen molar-refractivity contribution in [3.05, 3.63) is 53.3 Å². The average molecular weight is 829 g/mol.